The first-order chi connectivity index (χ1) is 13.0. The van der Waals surface area contributed by atoms with Crippen LogP contribution in [0.15, 0.2) is 47.8 Å². The average molecular weight is 377 g/mol. The highest BCUT2D eigenvalue weighted by atomic mass is 32.1. The molecule has 0 spiro atoms. The van der Waals surface area contributed by atoms with Crippen molar-refractivity contribution in [2.75, 3.05) is 7.05 Å². The predicted octanol–water partition coefficient (Wildman–Crippen LogP) is 3.74. The number of nitrogens with zero attached hydrogens (tertiary/aromatic N) is 5. The summed E-state index contributed by atoms with van der Waals surface area (Å²) in [4.78, 5) is 23.5. The lowest BCUT2D eigenvalue weighted by atomic mass is 10.2. The molecule has 0 saturated heterocycles. The van der Waals surface area contributed by atoms with Crippen LogP contribution < -0.4 is 0 Å². The maximum absolute atomic E-state index is 12.8. The van der Waals surface area contributed by atoms with Crippen molar-refractivity contribution in [3.63, 3.8) is 0 Å². The summed E-state index contributed by atoms with van der Waals surface area (Å²) < 4.78 is 1.70. The molecule has 0 aliphatic carbocycles. The Bertz CT molecular complexity index is 1120. The molecule has 136 valence electrons. The molecule has 6 nitrogen and oxygen atoms in total. The Balaban J connectivity index is 1.53. The standard InChI is InChI=1S/C20H19N5OS/c1-13-9-14(2)25-18(21-13)10-17(23-25)20(26)24(3)11-16-12-27-19(22-16)15-7-5-4-6-8-15/h4-10,12H,11H2,1-3H3. The van der Waals surface area contributed by atoms with Gasteiger partial charge in [0.25, 0.3) is 5.91 Å². The summed E-state index contributed by atoms with van der Waals surface area (Å²) in [5, 5.41) is 7.36. The monoisotopic (exact) mass is 377 g/mol. The lowest BCUT2D eigenvalue weighted by Gasteiger charge is -2.14. The first-order valence-electron chi connectivity index (χ1n) is 8.60. The zero-order valence-electron chi connectivity index (χ0n) is 15.4. The number of hydrogen-bond acceptors (Lipinski definition) is 5. The van der Waals surface area contributed by atoms with Gasteiger partial charge in [-0.25, -0.2) is 14.5 Å². The van der Waals surface area contributed by atoms with Gasteiger partial charge in [0, 0.05) is 35.4 Å². The van der Waals surface area contributed by atoms with Gasteiger partial charge in [-0.1, -0.05) is 30.3 Å². The van der Waals surface area contributed by atoms with Gasteiger partial charge in [0.1, 0.15) is 5.01 Å². The zero-order chi connectivity index (χ0) is 19.0. The number of aryl methyl sites for hydroxylation is 2. The summed E-state index contributed by atoms with van der Waals surface area (Å²) in [6.45, 7) is 4.31. The molecule has 0 atom stereocenters. The van der Waals surface area contributed by atoms with Crippen molar-refractivity contribution in [1.82, 2.24) is 24.5 Å². The number of hydrogen-bond donors (Lipinski definition) is 0. The van der Waals surface area contributed by atoms with Crippen molar-refractivity contribution >= 4 is 22.9 Å². The van der Waals surface area contributed by atoms with E-state index in [4.69, 9.17) is 0 Å². The quantitative estimate of drug-likeness (QED) is 0.543. The normalized spacial score (nSPS) is 11.1. The lowest BCUT2D eigenvalue weighted by Crippen LogP contribution is -2.26. The highest BCUT2D eigenvalue weighted by molar-refractivity contribution is 7.13. The predicted molar refractivity (Wildman–Crippen MR) is 106 cm³/mol. The van der Waals surface area contributed by atoms with Gasteiger partial charge in [-0.3, -0.25) is 4.79 Å². The van der Waals surface area contributed by atoms with Crippen LogP contribution in [0.1, 0.15) is 27.6 Å². The Kier molecular flexibility index (Phi) is 4.45. The van der Waals surface area contributed by atoms with E-state index in [0.717, 1.165) is 27.7 Å². The van der Waals surface area contributed by atoms with E-state index >= 15 is 0 Å². The number of thiazole rings is 1. The van der Waals surface area contributed by atoms with Gasteiger partial charge >= 0.3 is 0 Å². The fourth-order valence-electron chi connectivity index (χ4n) is 2.99. The van der Waals surface area contributed by atoms with Crippen molar-refractivity contribution < 1.29 is 4.79 Å². The number of carbonyl (C=O) groups excluding carboxylic acids is 1. The molecular formula is C20H19N5OS. The third kappa shape index (κ3) is 3.46. The molecule has 3 heterocycles. The maximum Gasteiger partial charge on any atom is 0.274 e. The Morgan fingerprint density at radius 1 is 1.15 bits per heavy atom. The molecule has 0 aliphatic rings. The van der Waals surface area contributed by atoms with Crippen LogP contribution in [0.3, 0.4) is 0 Å². The van der Waals surface area contributed by atoms with E-state index in [-0.39, 0.29) is 5.91 Å². The van der Waals surface area contributed by atoms with Gasteiger partial charge in [-0.05, 0) is 19.9 Å². The Morgan fingerprint density at radius 2 is 1.93 bits per heavy atom. The highest BCUT2D eigenvalue weighted by Crippen LogP contribution is 2.24. The van der Waals surface area contributed by atoms with E-state index < -0.39 is 0 Å². The SMILES string of the molecule is Cc1cc(C)n2nc(C(=O)N(C)Cc3csc(-c4ccccc4)n3)cc2n1. The van der Waals surface area contributed by atoms with Gasteiger partial charge in [0.15, 0.2) is 11.3 Å². The van der Waals surface area contributed by atoms with Gasteiger partial charge in [0.05, 0.1) is 12.2 Å². The van der Waals surface area contributed by atoms with Crippen LogP contribution in [0.2, 0.25) is 0 Å². The van der Waals surface area contributed by atoms with Crippen LogP contribution in [0.25, 0.3) is 16.2 Å². The minimum Gasteiger partial charge on any atom is -0.334 e. The summed E-state index contributed by atoms with van der Waals surface area (Å²) in [5.41, 5.74) is 4.87. The minimum absolute atomic E-state index is 0.146. The molecule has 0 bridgehead atoms. The second-order valence-electron chi connectivity index (χ2n) is 6.51. The summed E-state index contributed by atoms with van der Waals surface area (Å²) in [5.74, 6) is -0.146. The molecular weight excluding hydrogens is 358 g/mol. The number of amides is 1. The Hall–Kier alpha value is -3.06. The first kappa shape index (κ1) is 17.4. The molecule has 4 aromatic rings. The molecule has 1 amide bonds. The van der Waals surface area contributed by atoms with Crippen LogP contribution in [-0.4, -0.2) is 37.4 Å². The van der Waals surface area contributed by atoms with Gasteiger partial charge in [0.2, 0.25) is 0 Å². The summed E-state index contributed by atoms with van der Waals surface area (Å²) in [6.07, 6.45) is 0. The summed E-state index contributed by atoms with van der Waals surface area (Å²) in [6, 6.07) is 13.7. The first-order valence-corrected chi connectivity index (χ1v) is 9.48. The molecule has 3 aromatic heterocycles. The van der Waals surface area contributed by atoms with Crippen molar-refractivity contribution in [3.05, 3.63) is 70.6 Å². The fourth-order valence-corrected chi connectivity index (χ4v) is 3.81. The maximum atomic E-state index is 12.8. The topological polar surface area (TPSA) is 63.4 Å². The molecule has 1 aromatic carbocycles. The van der Waals surface area contributed by atoms with Crippen molar-refractivity contribution in [2.45, 2.75) is 20.4 Å². The van der Waals surface area contributed by atoms with Gasteiger partial charge < -0.3 is 4.90 Å². The number of benzene rings is 1. The van der Waals surface area contributed by atoms with E-state index in [0.29, 0.717) is 17.9 Å². The molecule has 0 radical (unpaired) electrons. The number of aromatic nitrogens is 4. The molecule has 7 heteroatoms. The molecule has 0 N–H and O–H groups in total. The van der Waals surface area contributed by atoms with Crippen molar-refractivity contribution in [2.24, 2.45) is 0 Å². The average Bonchev–Trinajstić information content (AvgIpc) is 3.29. The second-order valence-corrected chi connectivity index (χ2v) is 7.37. The smallest absolute Gasteiger partial charge is 0.274 e. The molecule has 27 heavy (non-hydrogen) atoms. The van der Waals surface area contributed by atoms with Crippen LogP contribution in [0.4, 0.5) is 0 Å². The van der Waals surface area contributed by atoms with Crippen LogP contribution in [0, 0.1) is 13.8 Å². The fraction of sp³-hybridized carbons (Fsp3) is 0.200. The van der Waals surface area contributed by atoms with E-state index in [9.17, 15) is 4.79 Å². The van der Waals surface area contributed by atoms with Crippen LogP contribution in [-0.2, 0) is 6.54 Å². The van der Waals surface area contributed by atoms with E-state index in [1.807, 2.05) is 55.6 Å². The minimum atomic E-state index is -0.146. The summed E-state index contributed by atoms with van der Waals surface area (Å²) in [7, 11) is 1.76. The molecule has 0 unspecified atom stereocenters. The lowest BCUT2D eigenvalue weighted by molar-refractivity contribution is 0.0777. The van der Waals surface area contributed by atoms with Crippen LogP contribution >= 0.6 is 11.3 Å². The summed E-state index contributed by atoms with van der Waals surface area (Å²) >= 11 is 1.58. The Labute approximate surface area is 161 Å². The number of carbonyl (C=O) groups is 1. The number of fused-ring (bicyclic) bond motifs is 1. The number of rotatable bonds is 4. The van der Waals surface area contributed by atoms with Crippen LogP contribution in [0.5, 0.6) is 0 Å². The molecule has 0 aliphatic heterocycles. The third-order valence-electron chi connectivity index (χ3n) is 4.27. The molecule has 0 saturated carbocycles. The van der Waals surface area contributed by atoms with Crippen molar-refractivity contribution in [1.29, 1.82) is 0 Å². The van der Waals surface area contributed by atoms with E-state index in [2.05, 4.69) is 15.1 Å². The zero-order valence-corrected chi connectivity index (χ0v) is 16.2. The van der Waals surface area contributed by atoms with Gasteiger partial charge in [-0.15, -0.1) is 11.3 Å². The van der Waals surface area contributed by atoms with Gasteiger partial charge in [-0.2, -0.15) is 5.10 Å². The van der Waals surface area contributed by atoms with Crippen molar-refractivity contribution in [3.8, 4) is 10.6 Å². The molecule has 0 fully saturated rings. The molecule has 4 rings (SSSR count). The van der Waals surface area contributed by atoms with E-state index in [1.54, 1.807) is 33.9 Å². The largest absolute Gasteiger partial charge is 0.334 e. The Morgan fingerprint density at radius 3 is 2.70 bits per heavy atom. The highest BCUT2D eigenvalue weighted by Gasteiger charge is 2.18. The van der Waals surface area contributed by atoms with E-state index in [1.165, 1.54) is 0 Å². The third-order valence-corrected chi connectivity index (χ3v) is 5.21. The second kappa shape index (κ2) is 6.92.